The number of rotatable bonds is 5. The Morgan fingerprint density at radius 2 is 2.05 bits per heavy atom. The normalized spacial score (nSPS) is 31.0. The average molecular weight is 286 g/mol. The lowest BCUT2D eigenvalue weighted by molar-refractivity contribution is -0.152. The van der Waals surface area contributed by atoms with Crippen LogP contribution in [0.4, 0.5) is 0 Å². The first-order chi connectivity index (χ1) is 8.95. The predicted octanol–water partition coefficient (Wildman–Crippen LogP) is 0.269. The smallest absolute Gasteiger partial charge is 0.246 e. The van der Waals surface area contributed by atoms with Crippen molar-refractivity contribution in [2.45, 2.75) is 51.2 Å². The fraction of sp³-hybridized carbons (Fsp3) is 0.846. The number of nitrogens with one attached hydrogen (secondary N) is 1. The van der Waals surface area contributed by atoms with E-state index in [0.717, 1.165) is 12.8 Å². The molecule has 0 spiro atoms. The van der Waals surface area contributed by atoms with E-state index in [1.165, 1.54) is 0 Å². The highest BCUT2D eigenvalue weighted by Gasteiger charge is 2.47. The summed E-state index contributed by atoms with van der Waals surface area (Å²) in [6, 6.07) is -0.931. The Morgan fingerprint density at radius 3 is 2.53 bits per heavy atom. The summed E-state index contributed by atoms with van der Waals surface area (Å²) in [6.07, 6.45) is 4.24. The van der Waals surface area contributed by atoms with E-state index in [1.54, 1.807) is 11.2 Å². The van der Waals surface area contributed by atoms with Crippen molar-refractivity contribution in [2.75, 3.05) is 12.0 Å². The molecule has 4 unspecified atom stereocenters. The van der Waals surface area contributed by atoms with Crippen LogP contribution in [0.1, 0.15) is 33.1 Å². The molecule has 6 heteroatoms. The van der Waals surface area contributed by atoms with E-state index in [0.29, 0.717) is 18.1 Å². The van der Waals surface area contributed by atoms with Gasteiger partial charge < -0.3 is 10.2 Å². The third kappa shape index (κ3) is 2.99. The molecule has 1 aliphatic heterocycles. The van der Waals surface area contributed by atoms with Crippen LogP contribution in [0.2, 0.25) is 0 Å². The van der Waals surface area contributed by atoms with Gasteiger partial charge in [0.05, 0.1) is 0 Å². The molecule has 1 N–H and O–H groups in total. The Hall–Kier alpha value is -0.910. The van der Waals surface area contributed by atoms with Crippen LogP contribution in [0, 0.1) is 5.92 Å². The molecule has 0 aromatic heterocycles. The second-order valence-electron chi connectivity index (χ2n) is 5.58. The Balaban J connectivity index is 2.20. The van der Waals surface area contributed by atoms with E-state index in [1.807, 2.05) is 13.8 Å². The number of hydrogen-bond donors (Lipinski definition) is 1. The summed E-state index contributed by atoms with van der Waals surface area (Å²) in [6.45, 7) is 3.78. The number of amides is 2. The van der Waals surface area contributed by atoms with Gasteiger partial charge in [-0.05, 0) is 32.1 Å². The van der Waals surface area contributed by atoms with Gasteiger partial charge in [-0.25, -0.2) is 0 Å². The largest absolute Gasteiger partial charge is 0.342 e. The molecule has 1 saturated heterocycles. The summed E-state index contributed by atoms with van der Waals surface area (Å²) in [5.41, 5.74) is 0. The molecular formula is C13H22N2O3S. The van der Waals surface area contributed by atoms with Crippen molar-refractivity contribution in [3.8, 4) is 0 Å². The SMILES string of the molecule is CCC1C(=O)NC(C2CC2)C(=O)N1C(C)CS(C)=O. The number of carbonyl (C=O) groups excluding carboxylic acids is 2. The molecule has 5 nitrogen and oxygen atoms in total. The molecular weight excluding hydrogens is 264 g/mol. The van der Waals surface area contributed by atoms with E-state index in [9.17, 15) is 13.8 Å². The molecule has 0 aromatic rings. The predicted molar refractivity (Wildman–Crippen MR) is 74.0 cm³/mol. The maximum atomic E-state index is 12.6. The quantitative estimate of drug-likeness (QED) is 0.789. The monoisotopic (exact) mass is 286 g/mol. The molecule has 0 bridgehead atoms. The van der Waals surface area contributed by atoms with Crippen molar-refractivity contribution in [3.05, 3.63) is 0 Å². The fourth-order valence-electron chi connectivity index (χ4n) is 2.83. The molecule has 2 fully saturated rings. The van der Waals surface area contributed by atoms with E-state index in [4.69, 9.17) is 0 Å². The zero-order valence-electron chi connectivity index (χ0n) is 11.7. The topological polar surface area (TPSA) is 66.5 Å². The van der Waals surface area contributed by atoms with Crippen LogP contribution in [0.3, 0.4) is 0 Å². The Kier molecular flexibility index (Phi) is 4.28. The zero-order valence-corrected chi connectivity index (χ0v) is 12.5. The molecule has 2 amide bonds. The van der Waals surface area contributed by atoms with Crippen molar-refractivity contribution < 1.29 is 13.8 Å². The zero-order chi connectivity index (χ0) is 14.2. The summed E-state index contributed by atoms with van der Waals surface area (Å²) >= 11 is 0. The highest BCUT2D eigenvalue weighted by Crippen LogP contribution is 2.35. The van der Waals surface area contributed by atoms with Gasteiger partial charge in [-0.3, -0.25) is 13.8 Å². The molecule has 1 aliphatic carbocycles. The van der Waals surface area contributed by atoms with Gasteiger partial charge in [-0.1, -0.05) is 6.92 Å². The van der Waals surface area contributed by atoms with Crippen LogP contribution in [-0.4, -0.2) is 51.1 Å². The van der Waals surface area contributed by atoms with Crippen LogP contribution >= 0.6 is 0 Å². The highest BCUT2D eigenvalue weighted by atomic mass is 32.2. The van der Waals surface area contributed by atoms with Gasteiger partial charge in [0.25, 0.3) is 0 Å². The standard InChI is InChI=1S/C13H22N2O3S/c1-4-10-12(16)14-11(9-5-6-9)13(17)15(10)8(2)7-19(3)18/h8-11H,4-7H2,1-3H3,(H,14,16). The lowest BCUT2D eigenvalue weighted by atomic mass is 10.0. The lowest BCUT2D eigenvalue weighted by Crippen LogP contribution is -2.66. The maximum Gasteiger partial charge on any atom is 0.246 e. The van der Waals surface area contributed by atoms with Gasteiger partial charge in [0.2, 0.25) is 11.8 Å². The summed E-state index contributed by atoms with van der Waals surface area (Å²) in [5.74, 6) is 0.670. The van der Waals surface area contributed by atoms with Crippen molar-refractivity contribution >= 4 is 22.6 Å². The van der Waals surface area contributed by atoms with Gasteiger partial charge in [0, 0.05) is 28.9 Å². The second-order valence-corrected chi connectivity index (χ2v) is 7.06. The Bertz CT molecular complexity index is 409. The Morgan fingerprint density at radius 1 is 1.42 bits per heavy atom. The molecule has 0 aromatic carbocycles. The molecule has 2 rings (SSSR count). The molecule has 4 atom stereocenters. The van der Waals surface area contributed by atoms with Crippen molar-refractivity contribution in [3.63, 3.8) is 0 Å². The van der Waals surface area contributed by atoms with Gasteiger partial charge in [-0.15, -0.1) is 0 Å². The lowest BCUT2D eigenvalue weighted by Gasteiger charge is -2.42. The van der Waals surface area contributed by atoms with E-state index < -0.39 is 16.8 Å². The summed E-state index contributed by atoms with van der Waals surface area (Å²) in [5, 5.41) is 2.86. The first-order valence-corrected chi connectivity index (χ1v) is 8.61. The van der Waals surface area contributed by atoms with Crippen LogP contribution in [0.15, 0.2) is 0 Å². The van der Waals surface area contributed by atoms with Crippen LogP contribution in [-0.2, 0) is 20.4 Å². The Labute approximate surface area is 116 Å². The molecule has 2 aliphatic rings. The van der Waals surface area contributed by atoms with Gasteiger partial charge in [0.1, 0.15) is 12.1 Å². The minimum Gasteiger partial charge on any atom is -0.342 e. The maximum absolute atomic E-state index is 12.6. The number of hydrogen-bond acceptors (Lipinski definition) is 3. The van der Waals surface area contributed by atoms with Crippen LogP contribution in [0.5, 0.6) is 0 Å². The first kappa shape index (κ1) is 14.5. The summed E-state index contributed by atoms with van der Waals surface area (Å²) in [4.78, 5) is 26.4. The summed E-state index contributed by atoms with van der Waals surface area (Å²) in [7, 11) is -0.972. The summed E-state index contributed by atoms with van der Waals surface area (Å²) < 4.78 is 11.4. The van der Waals surface area contributed by atoms with Crippen LogP contribution < -0.4 is 5.32 Å². The third-order valence-electron chi connectivity index (χ3n) is 3.89. The minimum atomic E-state index is -0.972. The van der Waals surface area contributed by atoms with Crippen molar-refractivity contribution in [1.29, 1.82) is 0 Å². The van der Waals surface area contributed by atoms with E-state index >= 15 is 0 Å². The molecule has 108 valence electrons. The minimum absolute atomic E-state index is 0.00639. The number of piperazine rings is 1. The van der Waals surface area contributed by atoms with E-state index in [-0.39, 0.29) is 23.9 Å². The third-order valence-corrected chi connectivity index (χ3v) is 4.84. The molecule has 0 radical (unpaired) electrons. The fourth-order valence-corrected chi connectivity index (χ4v) is 3.67. The number of carbonyl (C=O) groups is 2. The molecule has 1 heterocycles. The molecule has 1 saturated carbocycles. The first-order valence-electron chi connectivity index (χ1n) is 6.88. The van der Waals surface area contributed by atoms with Crippen molar-refractivity contribution in [2.24, 2.45) is 5.92 Å². The van der Waals surface area contributed by atoms with Crippen molar-refractivity contribution in [1.82, 2.24) is 10.2 Å². The van der Waals surface area contributed by atoms with Gasteiger partial charge in [-0.2, -0.15) is 0 Å². The molecule has 19 heavy (non-hydrogen) atoms. The average Bonchev–Trinajstić information content (AvgIpc) is 3.13. The number of nitrogens with zero attached hydrogens (tertiary/aromatic N) is 1. The van der Waals surface area contributed by atoms with Crippen LogP contribution in [0.25, 0.3) is 0 Å². The van der Waals surface area contributed by atoms with Gasteiger partial charge >= 0.3 is 0 Å². The van der Waals surface area contributed by atoms with E-state index in [2.05, 4.69) is 5.32 Å². The highest BCUT2D eigenvalue weighted by molar-refractivity contribution is 7.84. The van der Waals surface area contributed by atoms with Gasteiger partial charge in [0.15, 0.2) is 0 Å². The second kappa shape index (κ2) is 5.61.